The number of hydrogen-bond acceptors (Lipinski definition) is 7. The van der Waals surface area contributed by atoms with Crippen molar-refractivity contribution in [3.8, 4) is 0 Å². The number of fused-ring (bicyclic) bond motifs is 1. The summed E-state index contributed by atoms with van der Waals surface area (Å²) in [5.74, 6) is 0.956. The number of rotatable bonds is 8. The fourth-order valence-corrected chi connectivity index (χ4v) is 8.65. The van der Waals surface area contributed by atoms with E-state index < -0.39 is 10.0 Å². The van der Waals surface area contributed by atoms with Crippen LogP contribution in [0.4, 0.5) is 5.95 Å². The van der Waals surface area contributed by atoms with Crippen molar-refractivity contribution in [3.63, 3.8) is 0 Å². The highest BCUT2D eigenvalue weighted by Gasteiger charge is 2.37. The minimum absolute atomic E-state index is 0.204. The molecule has 2 aromatic rings. The van der Waals surface area contributed by atoms with Crippen LogP contribution in [0.15, 0.2) is 12.4 Å². The Morgan fingerprint density at radius 1 is 1.05 bits per heavy atom. The highest BCUT2D eigenvalue weighted by molar-refractivity contribution is 7.89. The van der Waals surface area contributed by atoms with Gasteiger partial charge in [-0.1, -0.05) is 13.3 Å². The summed E-state index contributed by atoms with van der Waals surface area (Å²) in [6.45, 7) is 7.21. The second kappa shape index (κ2) is 11.8. The normalized spacial score (nSPS) is 26.1. The maximum Gasteiger partial charge on any atom is 0.224 e. The Labute approximate surface area is 228 Å². The number of nitrogens with one attached hydrogen (secondary N) is 1. The quantitative estimate of drug-likeness (QED) is 0.514. The summed E-state index contributed by atoms with van der Waals surface area (Å²) >= 11 is 0. The minimum atomic E-state index is -3.25. The first-order valence-corrected chi connectivity index (χ1v) is 16.3. The SMILES string of the molecule is CCCC(C)Nc1ncc2c(C3CCN(S(=O)(=O)C4CCN(C)CC4)CC3)cn(C3CCC(O)CC3)c2n1. The molecule has 3 aliphatic rings. The van der Waals surface area contributed by atoms with E-state index in [0.29, 0.717) is 37.0 Å². The zero-order chi connectivity index (χ0) is 26.9. The molecule has 0 spiro atoms. The molecule has 0 bridgehead atoms. The number of anilines is 1. The fraction of sp³-hybridized carbons (Fsp3) is 0.786. The maximum atomic E-state index is 13.4. The Morgan fingerprint density at radius 2 is 1.74 bits per heavy atom. The number of likely N-dealkylation sites (tertiary alicyclic amines) is 1. The summed E-state index contributed by atoms with van der Waals surface area (Å²) in [7, 11) is -1.19. The molecule has 212 valence electrons. The first-order valence-electron chi connectivity index (χ1n) is 14.8. The maximum absolute atomic E-state index is 13.4. The summed E-state index contributed by atoms with van der Waals surface area (Å²) in [6, 6.07) is 0.622. The van der Waals surface area contributed by atoms with Crippen molar-refractivity contribution in [2.45, 2.75) is 107 Å². The van der Waals surface area contributed by atoms with Gasteiger partial charge < -0.3 is 19.9 Å². The summed E-state index contributed by atoms with van der Waals surface area (Å²) in [5, 5.41) is 14.4. The van der Waals surface area contributed by atoms with Crippen LogP contribution < -0.4 is 5.32 Å². The Morgan fingerprint density at radius 3 is 2.39 bits per heavy atom. The van der Waals surface area contributed by atoms with Gasteiger partial charge in [0.05, 0.1) is 11.4 Å². The molecule has 3 fully saturated rings. The lowest BCUT2D eigenvalue weighted by atomic mass is 9.90. The topological polar surface area (TPSA) is 104 Å². The van der Waals surface area contributed by atoms with E-state index in [1.807, 2.05) is 6.20 Å². The van der Waals surface area contributed by atoms with Crippen LogP contribution in [0.25, 0.3) is 11.0 Å². The number of sulfonamides is 1. The van der Waals surface area contributed by atoms with E-state index >= 15 is 0 Å². The molecule has 5 rings (SSSR count). The second-order valence-corrected chi connectivity index (χ2v) is 14.2. The average Bonchev–Trinajstić information content (AvgIpc) is 3.28. The van der Waals surface area contributed by atoms with Gasteiger partial charge in [0.1, 0.15) is 5.65 Å². The predicted molar refractivity (Wildman–Crippen MR) is 152 cm³/mol. The van der Waals surface area contributed by atoms with Crippen LogP contribution in [0.5, 0.6) is 0 Å². The monoisotopic (exact) mass is 546 g/mol. The Kier molecular flexibility index (Phi) is 8.62. The molecule has 1 unspecified atom stereocenters. The van der Waals surface area contributed by atoms with Crippen molar-refractivity contribution >= 4 is 27.0 Å². The Hall–Kier alpha value is -1.75. The third-order valence-electron chi connectivity index (χ3n) is 9.10. The number of aliphatic hydroxyl groups is 1. The molecule has 4 heterocycles. The molecule has 2 N–H and O–H groups in total. The third kappa shape index (κ3) is 5.88. The van der Waals surface area contributed by atoms with E-state index in [9.17, 15) is 13.5 Å². The van der Waals surface area contributed by atoms with Crippen LogP contribution in [0.3, 0.4) is 0 Å². The van der Waals surface area contributed by atoms with Gasteiger partial charge in [0.25, 0.3) is 0 Å². The number of hydrogen-bond donors (Lipinski definition) is 2. The van der Waals surface area contributed by atoms with Crippen LogP contribution in [0.2, 0.25) is 0 Å². The van der Waals surface area contributed by atoms with Crippen molar-refractivity contribution in [1.82, 2.24) is 23.7 Å². The standard InChI is InChI=1S/C28H46N6O3S/c1-4-5-20(2)30-28-29-18-25-26(19-34(27(25)31-28)22-6-8-23(35)9-7-22)21-10-16-33(17-11-21)38(36,37)24-12-14-32(3)15-13-24/h18-24,35H,4-17H2,1-3H3,(H,29,30,31). The van der Waals surface area contributed by atoms with Gasteiger partial charge in [0.2, 0.25) is 16.0 Å². The van der Waals surface area contributed by atoms with E-state index in [-0.39, 0.29) is 11.4 Å². The highest BCUT2D eigenvalue weighted by Crippen LogP contribution is 2.39. The first kappa shape index (κ1) is 27.8. The predicted octanol–water partition coefficient (Wildman–Crippen LogP) is 4.11. The lowest BCUT2D eigenvalue weighted by Gasteiger charge is -2.36. The number of nitrogens with zero attached hydrogens (tertiary/aromatic N) is 5. The molecule has 1 saturated carbocycles. The molecule has 2 aromatic heterocycles. The Bertz CT molecular complexity index is 1180. The van der Waals surface area contributed by atoms with Crippen molar-refractivity contribution in [2.75, 3.05) is 38.5 Å². The van der Waals surface area contributed by atoms with E-state index in [1.54, 1.807) is 4.31 Å². The van der Waals surface area contributed by atoms with Crippen molar-refractivity contribution in [1.29, 1.82) is 0 Å². The molecule has 9 nitrogen and oxygen atoms in total. The summed E-state index contributed by atoms with van der Waals surface area (Å²) in [5.41, 5.74) is 2.21. The van der Waals surface area contributed by atoms with E-state index in [2.05, 4.69) is 41.9 Å². The van der Waals surface area contributed by atoms with E-state index in [4.69, 9.17) is 9.97 Å². The van der Waals surface area contributed by atoms with Gasteiger partial charge in [-0.2, -0.15) is 4.98 Å². The Balaban J connectivity index is 1.36. The zero-order valence-corrected chi connectivity index (χ0v) is 24.2. The molecular formula is C28H46N6O3S. The van der Waals surface area contributed by atoms with Crippen molar-refractivity contribution in [3.05, 3.63) is 18.0 Å². The van der Waals surface area contributed by atoms with Crippen LogP contribution in [-0.2, 0) is 10.0 Å². The van der Waals surface area contributed by atoms with Crippen LogP contribution >= 0.6 is 0 Å². The molecule has 0 amide bonds. The molecule has 1 aliphatic carbocycles. The highest BCUT2D eigenvalue weighted by atomic mass is 32.2. The van der Waals surface area contributed by atoms with Gasteiger partial charge in [-0.25, -0.2) is 17.7 Å². The number of piperidine rings is 2. The molecule has 2 saturated heterocycles. The van der Waals surface area contributed by atoms with E-state index in [0.717, 1.165) is 88.3 Å². The molecule has 10 heteroatoms. The molecule has 0 radical (unpaired) electrons. The second-order valence-electron chi connectivity index (χ2n) is 11.9. The summed E-state index contributed by atoms with van der Waals surface area (Å²) in [4.78, 5) is 11.9. The molecule has 2 aliphatic heterocycles. The third-order valence-corrected chi connectivity index (χ3v) is 11.5. The van der Waals surface area contributed by atoms with Crippen molar-refractivity contribution < 1.29 is 13.5 Å². The molecule has 38 heavy (non-hydrogen) atoms. The smallest absolute Gasteiger partial charge is 0.224 e. The lowest BCUT2D eigenvalue weighted by Crippen LogP contribution is -2.46. The largest absolute Gasteiger partial charge is 0.393 e. The average molecular weight is 547 g/mol. The molecule has 0 aromatic carbocycles. The van der Waals surface area contributed by atoms with Gasteiger partial charge in [-0.15, -0.1) is 0 Å². The van der Waals surface area contributed by atoms with E-state index in [1.165, 1.54) is 5.56 Å². The summed E-state index contributed by atoms with van der Waals surface area (Å²) < 4.78 is 30.8. The van der Waals surface area contributed by atoms with Crippen LogP contribution in [0.1, 0.15) is 95.6 Å². The first-order chi connectivity index (χ1) is 18.3. The number of aliphatic hydroxyl groups excluding tert-OH is 1. The van der Waals surface area contributed by atoms with Gasteiger partial charge in [-0.05, 0) is 96.3 Å². The molecular weight excluding hydrogens is 500 g/mol. The van der Waals surface area contributed by atoms with Crippen LogP contribution in [-0.4, -0.2) is 87.9 Å². The van der Waals surface area contributed by atoms with Gasteiger partial charge >= 0.3 is 0 Å². The minimum Gasteiger partial charge on any atom is -0.393 e. The lowest BCUT2D eigenvalue weighted by molar-refractivity contribution is 0.111. The van der Waals surface area contributed by atoms with Gasteiger partial charge in [0.15, 0.2) is 0 Å². The molecule has 1 atom stereocenters. The van der Waals surface area contributed by atoms with Gasteiger partial charge in [-0.3, -0.25) is 0 Å². The number of aromatic nitrogens is 3. The fourth-order valence-electron chi connectivity index (χ4n) is 6.70. The zero-order valence-electron chi connectivity index (χ0n) is 23.3. The van der Waals surface area contributed by atoms with Gasteiger partial charge in [0, 0.05) is 43.0 Å². The summed E-state index contributed by atoms with van der Waals surface area (Å²) in [6.07, 6.45) is 12.8. The van der Waals surface area contributed by atoms with Crippen molar-refractivity contribution in [2.24, 2.45) is 0 Å². The van der Waals surface area contributed by atoms with Crippen LogP contribution in [0, 0.1) is 0 Å².